The molecular weight excluding hydrogens is 356 g/mol. The average Bonchev–Trinajstić information content (AvgIpc) is 2.95. The van der Waals surface area contributed by atoms with Gasteiger partial charge in [0, 0.05) is 31.3 Å². The molecule has 1 N–H and O–H groups in total. The van der Waals surface area contributed by atoms with E-state index in [4.69, 9.17) is 4.74 Å². The van der Waals surface area contributed by atoms with Crippen molar-refractivity contribution in [2.24, 2.45) is 5.92 Å². The van der Waals surface area contributed by atoms with Crippen molar-refractivity contribution in [1.82, 2.24) is 19.3 Å². The lowest BCUT2D eigenvalue weighted by Gasteiger charge is -2.08. The maximum Gasteiger partial charge on any atom is 0.107 e. The zero-order valence-corrected chi connectivity index (χ0v) is 17.7. The normalized spacial score (nSPS) is 10.9. The first-order valence-corrected chi connectivity index (χ1v) is 10.1. The summed E-state index contributed by atoms with van der Waals surface area (Å²) in [6.07, 6.45) is 3.65. The number of hydrogen-bond donors (Lipinski definition) is 1. The van der Waals surface area contributed by atoms with E-state index in [1.807, 2.05) is 19.2 Å². The lowest BCUT2D eigenvalue weighted by Crippen LogP contribution is -2.10. The summed E-state index contributed by atoms with van der Waals surface area (Å²) >= 11 is 1.62. The summed E-state index contributed by atoms with van der Waals surface area (Å²) in [6, 6.07) is 10.5. The van der Waals surface area contributed by atoms with Crippen LogP contribution in [-0.2, 0) is 11.3 Å². The van der Waals surface area contributed by atoms with E-state index >= 15 is 0 Å². The largest absolute Gasteiger partial charge is 0.383 e. The molecule has 0 aliphatic carbocycles. The number of nitrogens with one attached hydrogen (secondary N) is 1. The van der Waals surface area contributed by atoms with Crippen molar-refractivity contribution in [3.63, 3.8) is 0 Å². The minimum absolute atomic E-state index is 0.714. The molecule has 0 atom stereocenters. The molecule has 2 heterocycles. The molecule has 5 nitrogen and oxygen atoms in total. The second-order valence-electron chi connectivity index (χ2n) is 6.97. The highest BCUT2D eigenvalue weighted by Gasteiger charge is 2.07. The van der Waals surface area contributed by atoms with Crippen molar-refractivity contribution >= 4 is 23.0 Å². The Bertz CT molecular complexity index is 812. The molecule has 6 heteroatoms. The van der Waals surface area contributed by atoms with Crippen LogP contribution in [0.3, 0.4) is 0 Å². The second kappa shape index (κ2) is 11.1. The van der Waals surface area contributed by atoms with Gasteiger partial charge in [0.1, 0.15) is 5.82 Å². The number of pyridine rings is 1. The van der Waals surface area contributed by atoms with E-state index in [1.165, 1.54) is 10.5 Å². The molecule has 3 aromatic rings. The number of aryl methyl sites for hydroxylation is 1. The van der Waals surface area contributed by atoms with E-state index in [1.54, 1.807) is 25.3 Å². The van der Waals surface area contributed by atoms with Crippen LogP contribution in [0.4, 0.5) is 0 Å². The lowest BCUT2D eigenvalue weighted by atomic mass is 10.2. The van der Waals surface area contributed by atoms with Crippen LogP contribution in [0.25, 0.3) is 11.0 Å². The fourth-order valence-corrected chi connectivity index (χ4v) is 3.04. The average molecular weight is 387 g/mol. The van der Waals surface area contributed by atoms with E-state index < -0.39 is 0 Å². The number of hydrogen-bond acceptors (Lipinski definition) is 5. The molecule has 0 fully saturated rings. The highest BCUT2D eigenvalue weighted by molar-refractivity contribution is 7.97. The highest BCUT2D eigenvalue weighted by atomic mass is 32.2. The van der Waals surface area contributed by atoms with Gasteiger partial charge in [0.2, 0.25) is 0 Å². The van der Waals surface area contributed by atoms with Crippen molar-refractivity contribution in [3.05, 3.63) is 54.1 Å². The molecule has 0 spiro atoms. The minimum atomic E-state index is 0.714. The third kappa shape index (κ3) is 6.97. The van der Waals surface area contributed by atoms with E-state index in [0.29, 0.717) is 6.61 Å². The van der Waals surface area contributed by atoms with Crippen LogP contribution < -0.4 is 4.72 Å². The van der Waals surface area contributed by atoms with Crippen molar-refractivity contribution in [3.8, 4) is 0 Å². The van der Waals surface area contributed by atoms with Gasteiger partial charge in [-0.15, -0.1) is 0 Å². The molecule has 1 aromatic carbocycles. The van der Waals surface area contributed by atoms with Crippen LogP contribution in [0, 0.1) is 12.8 Å². The van der Waals surface area contributed by atoms with Crippen LogP contribution in [-0.4, -0.2) is 34.8 Å². The predicted octanol–water partition coefficient (Wildman–Crippen LogP) is 4.69. The Morgan fingerprint density at radius 2 is 1.85 bits per heavy atom. The van der Waals surface area contributed by atoms with Gasteiger partial charge in [0.25, 0.3) is 0 Å². The molecule has 146 valence electrons. The summed E-state index contributed by atoms with van der Waals surface area (Å²) in [7, 11) is 1.71. The van der Waals surface area contributed by atoms with Gasteiger partial charge >= 0.3 is 0 Å². The van der Waals surface area contributed by atoms with Crippen LogP contribution in [0.15, 0.2) is 47.6 Å². The highest BCUT2D eigenvalue weighted by Crippen LogP contribution is 2.19. The molecule has 0 bridgehead atoms. The number of ether oxygens (including phenoxy) is 1. The van der Waals surface area contributed by atoms with Gasteiger partial charge in [-0.1, -0.05) is 32.9 Å². The van der Waals surface area contributed by atoms with Gasteiger partial charge in [-0.2, -0.15) is 0 Å². The monoisotopic (exact) mass is 386 g/mol. The third-order valence-electron chi connectivity index (χ3n) is 3.60. The maximum absolute atomic E-state index is 5.01. The number of nitrogens with zero attached hydrogens (tertiary/aromatic N) is 3. The van der Waals surface area contributed by atoms with E-state index in [-0.39, 0.29) is 0 Å². The molecular formula is C21H30N4OS. The molecule has 3 rings (SSSR count). The van der Waals surface area contributed by atoms with E-state index in [9.17, 15) is 0 Å². The summed E-state index contributed by atoms with van der Waals surface area (Å²) < 4.78 is 10.5. The fraction of sp³-hybridized carbons (Fsp3) is 0.429. The zero-order chi connectivity index (χ0) is 19.6. The van der Waals surface area contributed by atoms with Gasteiger partial charge in [-0.25, -0.2) is 4.98 Å². The van der Waals surface area contributed by atoms with Gasteiger partial charge < -0.3 is 9.30 Å². The van der Waals surface area contributed by atoms with E-state index in [0.717, 1.165) is 35.9 Å². The van der Waals surface area contributed by atoms with Gasteiger partial charge in [-0.05, 0) is 48.6 Å². The van der Waals surface area contributed by atoms with Gasteiger partial charge in [-0.3, -0.25) is 9.71 Å². The third-order valence-corrected chi connectivity index (χ3v) is 4.46. The Morgan fingerprint density at radius 1 is 1.15 bits per heavy atom. The van der Waals surface area contributed by atoms with Gasteiger partial charge in [0.15, 0.2) is 0 Å². The first kappa shape index (κ1) is 21.4. The zero-order valence-electron chi connectivity index (χ0n) is 16.9. The molecule has 0 unspecified atom stereocenters. The first-order valence-electron chi connectivity index (χ1n) is 9.25. The molecule has 0 saturated heterocycles. The Balaban J connectivity index is 0.000000596. The minimum Gasteiger partial charge on any atom is -0.383 e. The standard InChI is InChI=1S/C17H20N4OS.C4H10/c1-13-20-16-7-8-18-11-17(16)21(13)12-14-3-5-15(6-4-14)23-19-9-10-22-2;1-4(2)3/h3-8,11,19H,9-10,12H2,1-2H3;4H,1-3H3. The van der Waals surface area contributed by atoms with Crippen LogP contribution in [0.1, 0.15) is 32.2 Å². The Morgan fingerprint density at radius 3 is 2.52 bits per heavy atom. The maximum atomic E-state index is 5.01. The lowest BCUT2D eigenvalue weighted by molar-refractivity contribution is 0.205. The summed E-state index contributed by atoms with van der Waals surface area (Å²) in [4.78, 5) is 9.98. The number of aromatic nitrogens is 3. The molecule has 0 aliphatic rings. The number of fused-ring (bicyclic) bond motifs is 1. The number of imidazole rings is 1. The Hall–Kier alpha value is -1.89. The number of methoxy groups -OCH3 is 1. The van der Waals surface area contributed by atoms with Gasteiger partial charge in [0.05, 0.1) is 23.8 Å². The topological polar surface area (TPSA) is 52.0 Å². The molecule has 0 aliphatic heterocycles. The predicted molar refractivity (Wildman–Crippen MR) is 114 cm³/mol. The smallest absolute Gasteiger partial charge is 0.107 e. The number of benzene rings is 1. The SMILES string of the molecule is CC(C)C.COCCNSc1ccc(Cn2c(C)nc3ccncc32)cc1. The fourth-order valence-electron chi connectivity index (χ4n) is 2.41. The van der Waals surface area contributed by atoms with Crippen LogP contribution in [0.5, 0.6) is 0 Å². The van der Waals surface area contributed by atoms with Crippen molar-refractivity contribution in [2.75, 3.05) is 20.3 Å². The first-order chi connectivity index (χ1) is 13.0. The molecule has 0 radical (unpaired) electrons. The Labute approximate surface area is 166 Å². The summed E-state index contributed by atoms with van der Waals surface area (Å²) in [5.74, 6) is 1.84. The van der Waals surface area contributed by atoms with Crippen LogP contribution >= 0.6 is 11.9 Å². The summed E-state index contributed by atoms with van der Waals surface area (Å²) in [5, 5.41) is 0. The summed E-state index contributed by atoms with van der Waals surface area (Å²) in [6.45, 7) is 10.9. The summed E-state index contributed by atoms with van der Waals surface area (Å²) in [5.41, 5.74) is 3.31. The van der Waals surface area contributed by atoms with Crippen molar-refractivity contribution < 1.29 is 4.74 Å². The second-order valence-corrected chi connectivity index (χ2v) is 7.94. The van der Waals surface area contributed by atoms with Crippen LogP contribution in [0.2, 0.25) is 0 Å². The molecule has 2 aromatic heterocycles. The van der Waals surface area contributed by atoms with Crippen molar-refractivity contribution in [1.29, 1.82) is 0 Å². The quantitative estimate of drug-likeness (QED) is 0.471. The number of rotatable bonds is 7. The molecule has 0 amide bonds. The van der Waals surface area contributed by atoms with Crippen molar-refractivity contribution in [2.45, 2.75) is 39.1 Å². The Kier molecular flexibility index (Phi) is 8.78. The van der Waals surface area contributed by atoms with E-state index in [2.05, 4.69) is 64.3 Å². The molecule has 0 saturated carbocycles. The molecule has 27 heavy (non-hydrogen) atoms.